The number of aryl methyl sites for hydroxylation is 1. The van der Waals surface area contributed by atoms with Crippen LogP contribution in [0.1, 0.15) is 24.0 Å². The van der Waals surface area contributed by atoms with Crippen LogP contribution in [-0.4, -0.2) is 50.9 Å². The van der Waals surface area contributed by atoms with Crippen molar-refractivity contribution in [1.29, 1.82) is 0 Å². The van der Waals surface area contributed by atoms with Crippen molar-refractivity contribution in [2.24, 2.45) is 7.05 Å². The molecule has 1 atom stereocenters. The number of aliphatic hydroxyl groups is 1. The van der Waals surface area contributed by atoms with Gasteiger partial charge in [-0.3, -0.25) is 9.48 Å². The lowest BCUT2D eigenvalue weighted by molar-refractivity contribution is -0.156. The summed E-state index contributed by atoms with van der Waals surface area (Å²) >= 11 is 0. The molecular weight excluding hydrogens is 316 g/mol. The molecule has 2 aromatic rings. The number of piperidine rings is 1. The fraction of sp³-hybridized carbons (Fsp3) is 0.474. The van der Waals surface area contributed by atoms with Gasteiger partial charge in [-0.05, 0) is 24.8 Å². The third kappa shape index (κ3) is 4.46. The van der Waals surface area contributed by atoms with Crippen molar-refractivity contribution < 1.29 is 9.90 Å². The Bertz CT molecular complexity index is 700. The first-order chi connectivity index (χ1) is 12.1. The van der Waals surface area contributed by atoms with Gasteiger partial charge in [-0.2, -0.15) is 5.10 Å². The van der Waals surface area contributed by atoms with Crippen LogP contribution in [0.3, 0.4) is 0 Å². The first-order valence-corrected chi connectivity index (χ1v) is 8.81. The standard InChI is InChI=1S/C19H26N4O2/c1-22-14-17(13-21-22)12-20-15-19(25)9-5-10-23(18(19)24)11-8-16-6-3-2-4-7-16/h2-4,6-7,13-14,20,25H,5,8-12,15H2,1H3/t19-/m1/s1. The van der Waals surface area contributed by atoms with E-state index < -0.39 is 5.60 Å². The van der Waals surface area contributed by atoms with E-state index >= 15 is 0 Å². The summed E-state index contributed by atoms with van der Waals surface area (Å²) in [5.74, 6) is -0.159. The molecule has 1 amide bonds. The van der Waals surface area contributed by atoms with Crippen LogP contribution in [0.15, 0.2) is 42.7 Å². The molecule has 134 valence electrons. The average Bonchev–Trinajstić information content (AvgIpc) is 3.03. The minimum atomic E-state index is -1.31. The summed E-state index contributed by atoms with van der Waals surface area (Å²) in [6, 6.07) is 10.1. The van der Waals surface area contributed by atoms with E-state index in [9.17, 15) is 9.90 Å². The van der Waals surface area contributed by atoms with Crippen molar-refractivity contribution >= 4 is 5.91 Å². The van der Waals surface area contributed by atoms with E-state index in [0.717, 1.165) is 24.9 Å². The van der Waals surface area contributed by atoms with E-state index in [0.29, 0.717) is 19.5 Å². The van der Waals surface area contributed by atoms with E-state index in [4.69, 9.17) is 0 Å². The van der Waals surface area contributed by atoms with Gasteiger partial charge in [0, 0.05) is 45.0 Å². The molecule has 1 aromatic carbocycles. The second-order valence-corrected chi connectivity index (χ2v) is 6.79. The Hall–Kier alpha value is -2.18. The van der Waals surface area contributed by atoms with Gasteiger partial charge in [0.25, 0.3) is 5.91 Å². The van der Waals surface area contributed by atoms with Crippen LogP contribution in [0.4, 0.5) is 0 Å². The zero-order valence-electron chi connectivity index (χ0n) is 14.7. The highest BCUT2D eigenvalue weighted by Crippen LogP contribution is 2.22. The zero-order valence-corrected chi connectivity index (χ0v) is 14.7. The number of carbonyl (C=O) groups is 1. The Balaban J connectivity index is 1.52. The molecule has 0 radical (unpaired) electrons. The first-order valence-electron chi connectivity index (χ1n) is 8.81. The molecule has 1 fully saturated rings. The lowest BCUT2D eigenvalue weighted by Gasteiger charge is -2.38. The predicted molar refractivity (Wildman–Crippen MR) is 95.8 cm³/mol. The molecular formula is C19H26N4O2. The average molecular weight is 342 g/mol. The van der Waals surface area contributed by atoms with Crippen molar-refractivity contribution in [3.63, 3.8) is 0 Å². The summed E-state index contributed by atoms with van der Waals surface area (Å²) in [5.41, 5.74) is 0.936. The molecule has 0 spiro atoms. The Kier molecular flexibility index (Phi) is 5.50. The molecule has 1 saturated heterocycles. The highest BCUT2D eigenvalue weighted by molar-refractivity contribution is 5.86. The van der Waals surface area contributed by atoms with Gasteiger partial charge in [-0.25, -0.2) is 0 Å². The number of hydrogen-bond acceptors (Lipinski definition) is 4. The summed E-state index contributed by atoms with van der Waals surface area (Å²) < 4.78 is 1.74. The first kappa shape index (κ1) is 17.6. The van der Waals surface area contributed by atoms with Crippen LogP contribution < -0.4 is 5.32 Å². The summed E-state index contributed by atoms with van der Waals surface area (Å²) in [5, 5.41) is 18.1. The minimum absolute atomic E-state index is 0.159. The molecule has 1 aliphatic rings. The number of nitrogens with one attached hydrogen (secondary N) is 1. The van der Waals surface area contributed by atoms with Crippen molar-refractivity contribution in [2.75, 3.05) is 19.6 Å². The van der Waals surface area contributed by atoms with Crippen molar-refractivity contribution in [2.45, 2.75) is 31.4 Å². The van der Waals surface area contributed by atoms with Gasteiger partial charge in [0.1, 0.15) is 0 Å². The number of carbonyl (C=O) groups excluding carboxylic acids is 1. The smallest absolute Gasteiger partial charge is 0.255 e. The van der Waals surface area contributed by atoms with Gasteiger partial charge >= 0.3 is 0 Å². The number of aromatic nitrogens is 2. The van der Waals surface area contributed by atoms with Crippen molar-refractivity contribution in [1.82, 2.24) is 20.0 Å². The third-order valence-corrected chi connectivity index (χ3v) is 4.72. The van der Waals surface area contributed by atoms with Crippen LogP contribution in [0.5, 0.6) is 0 Å². The summed E-state index contributed by atoms with van der Waals surface area (Å²) in [4.78, 5) is 14.5. The van der Waals surface area contributed by atoms with Gasteiger partial charge in [-0.1, -0.05) is 30.3 Å². The quantitative estimate of drug-likeness (QED) is 0.791. The maximum Gasteiger partial charge on any atom is 0.255 e. The Labute approximate surface area is 148 Å². The van der Waals surface area contributed by atoms with Crippen molar-refractivity contribution in [3.05, 3.63) is 53.9 Å². The lowest BCUT2D eigenvalue weighted by Crippen LogP contribution is -2.58. The normalized spacial score (nSPS) is 20.9. The third-order valence-electron chi connectivity index (χ3n) is 4.72. The van der Waals surface area contributed by atoms with E-state index in [1.54, 1.807) is 15.8 Å². The molecule has 1 aromatic heterocycles. The fourth-order valence-corrected chi connectivity index (χ4v) is 3.33. The largest absolute Gasteiger partial charge is 0.379 e. The van der Waals surface area contributed by atoms with Gasteiger partial charge in [0.15, 0.2) is 5.60 Å². The number of nitrogens with zero attached hydrogens (tertiary/aromatic N) is 3. The number of benzene rings is 1. The molecule has 2 N–H and O–H groups in total. The highest BCUT2D eigenvalue weighted by atomic mass is 16.3. The Morgan fingerprint density at radius 3 is 2.80 bits per heavy atom. The van der Waals surface area contributed by atoms with Crippen LogP contribution in [0.25, 0.3) is 0 Å². The molecule has 2 heterocycles. The van der Waals surface area contributed by atoms with E-state index in [1.165, 1.54) is 5.56 Å². The zero-order chi connectivity index (χ0) is 17.7. The molecule has 25 heavy (non-hydrogen) atoms. The molecule has 6 heteroatoms. The van der Waals surface area contributed by atoms with E-state index in [-0.39, 0.29) is 12.5 Å². The highest BCUT2D eigenvalue weighted by Gasteiger charge is 2.41. The number of likely N-dealkylation sites (tertiary alicyclic amines) is 1. The van der Waals surface area contributed by atoms with E-state index in [2.05, 4.69) is 22.5 Å². The second kappa shape index (κ2) is 7.80. The molecule has 0 unspecified atom stereocenters. The van der Waals surface area contributed by atoms with Crippen LogP contribution in [0, 0.1) is 0 Å². The lowest BCUT2D eigenvalue weighted by atomic mass is 9.91. The van der Waals surface area contributed by atoms with Crippen LogP contribution in [-0.2, 0) is 24.8 Å². The van der Waals surface area contributed by atoms with Gasteiger partial charge < -0.3 is 15.3 Å². The molecule has 3 rings (SSSR count). The molecule has 0 saturated carbocycles. The maximum atomic E-state index is 12.7. The van der Waals surface area contributed by atoms with Crippen LogP contribution in [0.2, 0.25) is 0 Å². The molecule has 1 aliphatic heterocycles. The predicted octanol–water partition coefficient (Wildman–Crippen LogP) is 1.11. The Morgan fingerprint density at radius 2 is 2.08 bits per heavy atom. The SMILES string of the molecule is Cn1cc(CNC[C@]2(O)CCCN(CCc3ccccc3)C2=O)cn1. The number of amides is 1. The molecule has 6 nitrogen and oxygen atoms in total. The topological polar surface area (TPSA) is 70.4 Å². The summed E-state index contributed by atoms with van der Waals surface area (Å²) in [6.45, 7) is 2.22. The minimum Gasteiger partial charge on any atom is -0.379 e. The number of rotatable bonds is 7. The maximum absolute atomic E-state index is 12.7. The second-order valence-electron chi connectivity index (χ2n) is 6.79. The van der Waals surface area contributed by atoms with Gasteiger partial charge in [0.2, 0.25) is 0 Å². The summed E-state index contributed by atoms with van der Waals surface area (Å²) in [7, 11) is 1.87. The molecule has 0 bridgehead atoms. The fourth-order valence-electron chi connectivity index (χ4n) is 3.33. The van der Waals surface area contributed by atoms with Crippen molar-refractivity contribution in [3.8, 4) is 0 Å². The van der Waals surface area contributed by atoms with Crippen LogP contribution >= 0.6 is 0 Å². The molecule has 0 aliphatic carbocycles. The van der Waals surface area contributed by atoms with E-state index in [1.807, 2.05) is 31.4 Å². The number of hydrogen-bond donors (Lipinski definition) is 2. The van der Waals surface area contributed by atoms with Gasteiger partial charge in [0.05, 0.1) is 6.20 Å². The Morgan fingerprint density at radius 1 is 1.28 bits per heavy atom. The van der Waals surface area contributed by atoms with Gasteiger partial charge in [-0.15, -0.1) is 0 Å². The monoisotopic (exact) mass is 342 g/mol. The summed E-state index contributed by atoms with van der Waals surface area (Å²) in [6.07, 6.45) is 5.85.